The number of carbonyl (C=O) groups is 1. The lowest BCUT2D eigenvalue weighted by Gasteiger charge is -2.26. The van der Waals surface area contributed by atoms with Gasteiger partial charge in [0, 0.05) is 25.6 Å². The summed E-state index contributed by atoms with van der Waals surface area (Å²) in [6.07, 6.45) is 5.12. The fourth-order valence-corrected chi connectivity index (χ4v) is 4.45. The second-order valence-electron chi connectivity index (χ2n) is 6.08. The van der Waals surface area contributed by atoms with Crippen LogP contribution in [0.4, 0.5) is 0 Å². The summed E-state index contributed by atoms with van der Waals surface area (Å²) in [7, 11) is -2.97. The van der Waals surface area contributed by atoms with Gasteiger partial charge >= 0.3 is 0 Å². The zero-order valence-electron chi connectivity index (χ0n) is 12.6. The summed E-state index contributed by atoms with van der Waals surface area (Å²) < 4.78 is 23.0. The van der Waals surface area contributed by atoms with Gasteiger partial charge in [0.25, 0.3) is 0 Å². The SMILES string of the molecule is O=C(CC1CS(=O)(=O)CCN1)NCCCN1CCCCC1. The Kier molecular flexibility index (Phi) is 6.44. The van der Waals surface area contributed by atoms with Crippen molar-refractivity contribution < 1.29 is 13.2 Å². The molecule has 0 radical (unpaired) electrons. The summed E-state index contributed by atoms with van der Waals surface area (Å²) in [5.74, 6) is 0.207. The highest BCUT2D eigenvalue weighted by atomic mass is 32.2. The molecule has 21 heavy (non-hydrogen) atoms. The van der Waals surface area contributed by atoms with Crippen LogP contribution < -0.4 is 10.6 Å². The molecule has 2 fully saturated rings. The van der Waals surface area contributed by atoms with E-state index < -0.39 is 9.84 Å². The van der Waals surface area contributed by atoms with Gasteiger partial charge in [0.05, 0.1) is 11.5 Å². The smallest absolute Gasteiger partial charge is 0.221 e. The Balaban J connectivity index is 1.57. The second-order valence-corrected chi connectivity index (χ2v) is 8.30. The molecule has 0 saturated carbocycles. The Bertz CT molecular complexity index is 433. The molecule has 2 saturated heterocycles. The van der Waals surface area contributed by atoms with Crippen LogP contribution in [0.1, 0.15) is 32.1 Å². The van der Waals surface area contributed by atoms with Gasteiger partial charge < -0.3 is 15.5 Å². The number of nitrogens with zero attached hydrogens (tertiary/aromatic N) is 1. The summed E-state index contributed by atoms with van der Waals surface area (Å²) in [6.45, 7) is 4.52. The number of rotatable bonds is 6. The maximum Gasteiger partial charge on any atom is 0.221 e. The van der Waals surface area contributed by atoms with Crippen molar-refractivity contribution in [2.75, 3.05) is 44.2 Å². The van der Waals surface area contributed by atoms with E-state index in [9.17, 15) is 13.2 Å². The maximum absolute atomic E-state index is 11.8. The average molecular weight is 317 g/mol. The first-order chi connectivity index (χ1) is 10.1. The zero-order valence-corrected chi connectivity index (χ0v) is 13.5. The fourth-order valence-electron chi connectivity index (χ4n) is 3.01. The number of nitrogens with one attached hydrogen (secondary N) is 2. The first-order valence-corrected chi connectivity index (χ1v) is 9.80. The van der Waals surface area contributed by atoms with E-state index in [1.54, 1.807) is 0 Å². The van der Waals surface area contributed by atoms with Crippen LogP contribution in [0, 0.1) is 0 Å². The monoisotopic (exact) mass is 317 g/mol. The van der Waals surface area contributed by atoms with Gasteiger partial charge in [-0.2, -0.15) is 0 Å². The van der Waals surface area contributed by atoms with Gasteiger partial charge in [0.15, 0.2) is 9.84 Å². The third-order valence-corrected chi connectivity index (χ3v) is 5.89. The van der Waals surface area contributed by atoms with E-state index in [1.165, 1.54) is 32.4 Å². The zero-order chi connectivity index (χ0) is 15.1. The van der Waals surface area contributed by atoms with Crippen LogP contribution >= 0.6 is 0 Å². The molecule has 7 heteroatoms. The van der Waals surface area contributed by atoms with Crippen molar-refractivity contribution in [1.29, 1.82) is 0 Å². The molecule has 1 atom stereocenters. The number of hydrogen-bond acceptors (Lipinski definition) is 5. The van der Waals surface area contributed by atoms with E-state index in [1.807, 2.05) is 0 Å². The molecule has 0 aromatic carbocycles. The minimum absolute atomic E-state index is 0.0526. The van der Waals surface area contributed by atoms with Gasteiger partial charge in [-0.1, -0.05) is 6.42 Å². The number of sulfone groups is 1. The number of amides is 1. The van der Waals surface area contributed by atoms with E-state index in [0.29, 0.717) is 13.1 Å². The molecule has 2 N–H and O–H groups in total. The minimum Gasteiger partial charge on any atom is -0.356 e. The van der Waals surface area contributed by atoms with Crippen molar-refractivity contribution in [3.63, 3.8) is 0 Å². The summed E-state index contributed by atoms with van der Waals surface area (Å²) >= 11 is 0. The van der Waals surface area contributed by atoms with Crippen molar-refractivity contribution in [3.05, 3.63) is 0 Å². The second kappa shape index (κ2) is 8.10. The Morgan fingerprint density at radius 1 is 1.24 bits per heavy atom. The van der Waals surface area contributed by atoms with Crippen LogP contribution in [0.25, 0.3) is 0 Å². The van der Waals surface area contributed by atoms with E-state index in [-0.39, 0.29) is 29.9 Å². The average Bonchev–Trinajstić information content (AvgIpc) is 2.44. The molecular weight excluding hydrogens is 290 g/mol. The van der Waals surface area contributed by atoms with Crippen LogP contribution in [-0.4, -0.2) is 69.5 Å². The highest BCUT2D eigenvalue weighted by molar-refractivity contribution is 7.91. The highest BCUT2D eigenvalue weighted by Crippen LogP contribution is 2.08. The fraction of sp³-hybridized carbons (Fsp3) is 0.929. The molecule has 6 nitrogen and oxygen atoms in total. The molecule has 122 valence electrons. The van der Waals surface area contributed by atoms with Crippen molar-refractivity contribution in [1.82, 2.24) is 15.5 Å². The quantitative estimate of drug-likeness (QED) is 0.661. The lowest BCUT2D eigenvalue weighted by Crippen LogP contribution is -2.47. The lowest BCUT2D eigenvalue weighted by atomic mass is 10.1. The maximum atomic E-state index is 11.8. The van der Waals surface area contributed by atoms with Crippen molar-refractivity contribution in [2.24, 2.45) is 0 Å². The first kappa shape index (κ1) is 16.7. The molecular formula is C14H27N3O3S. The summed E-state index contributed by atoms with van der Waals surface area (Å²) in [5.41, 5.74) is 0. The Hall–Kier alpha value is -0.660. The molecule has 2 rings (SSSR count). The van der Waals surface area contributed by atoms with Gasteiger partial charge in [-0.3, -0.25) is 4.79 Å². The van der Waals surface area contributed by atoms with E-state index in [0.717, 1.165) is 13.0 Å². The Morgan fingerprint density at radius 3 is 2.71 bits per heavy atom. The predicted molar refractivity (Wildman–Crippen MR) is 83.0 cm³/mol. The van der Waals surface area contributed by atoms with Gasteiger partial charge in [-0.05, 0) is 38.9 Å². The molecule has 2 aliphatic rings. The summed E-state index contributed by atoms with van der Waals surface area (Å²) in [6, 6.07) is -0.231. The van der Waals surface area contributed by atoms with Crippen molar-refractivity contribution >= 4 is 15.7 Å². The summed E-state index contributed by atoms with van der Waals surface area (Å²) in [4.78, 5) is 14.3. The highest BCUT2D eigenvalue weighted by Gasteiger charge is 2.25. The molecule has 1 unspecified atom stereocenters. The number of likely N-dealkylation sites (tertiary alicyclic amines) is 1. The van der Waals surface area contributed by atoms with Crippen LogP contribution in [0.5, 0.6) is 0 Å². The summed E-state index contributed by atoms with van der Waals surface area (Å²) in [5, 5.41) is 6.00. The molecule has 0 aromatic heterocycles. The Labute approximate surface area is 127 Å². The van der Waals surface area contributed by atoms with Gasteiger partial charge in [0.2, 0.25) is 5.91 Å². The van der Waals surface area contributed by atoms with Gasteiger partial charge in [-0.15, -0.1) is 0 Å². The molecule has 0 bridgehead atoms. The van der Waals surface area contributed by atoms with Crippen LogP contribution in [0.2, 0.25) is 0 Å². The van der Waals surface area contributed by atoms with Crippen LogP contribution in [0.3, 0.4) is 0 Å². The first-order valence-electron chi connectivity index (χ1n) is 7.98. The number of carbonyl (C=O) groups excluding carboxylic acids is 1. The van der Waals surface area contributed by atoms with E-state index >= 15 is 0 Å². The topological polar surface area (TPSA) is 78.5 Å². The molecule has 0 aromatic rings. The third kappa shape index (κ3) is 6.32. The number of piperidine rings is 1. The van der Waals surface area contributed by atoms with Crippen molar-refractivity contribution in [3.8, 4) is 0 Å². The van der Waals surface area contributed by atoms with Gasteiger partial charge in [-0.25, -0.2) is 8.42 Å². The normalized spacial score (nSPS) is 26.4. The van der Waals surface area contributed by atoms with E-state index in [4.69, 9.17) is 0 Å². The molecule has 2 aliphatic heterocycles. The lowest BCUT2D eigenvalue weighted by molar-refractivity contribution is -0.121. The Morgan fingerprint density at radius 2 is 2.00 bits per heavy atom. The third-order valence-electron chi connectivity index (χ3n) is 4.15. The number of hydrogen-bond donors (Lipinski definition) is 2. The van der Waals surface area contributed by atoms with Crippen LogP contribution in [-0.2, 0) is 14.6 Å². The van der Waals surface area contributed by atoms with Crippen LogP contribution in [0.15, 0.2) is 0 Å². The molecule has 0 spiro atoms. The standard InChI is InChI=1S/C14H27N3O3S/c18-14(11-13-12-21(19,20)10-6-15-13)16-5-4-9-17-7-2-1-3-8-17/h13,15H,1-12H2,(H,16,18). The van der Waals surface area contributed by atoms with E-state index in [2.05, 4.69) is 15.5 Å². The predicted octanol–water partition coefficient (Wildman–Crippen LogP) is -0.245. The van der Waals surface area contributed by atoms with Crippen molar-refractivity contribution in [2.45, 2.75) is 38.1 Å². The molecule has 0 aliphatic carbocycles. The molecule has 1 amide bonds. The van der Waals surface area contributed by atoms with Gasteiger partial charge in [0.1, 0.15) is 0 Å². The largest absolute Gasteiger partial charge is 0.356 e. The molecule has 2 heterocycles. The minimum atomic E-state index is -2.97.